The SMILES string of the molecule is C=C(C1CCCCC1)N(Cc1ccc(-c2ccc(N(C)C)cc2)cc1)c1cccc(-c2csc(CC)n2)c1. The van der Waals surface area contributed by atoms with Crippen molar-refractivity contribution in [3.63, 3.8) is 0 Å². The Hall–Kier alpha value is -3.37. The molecule has 1 fully saturated rings. The number of hydrogen-bond donors (Lipinski definition) is 0. The van der Waals surface area contributed by atoms with E-state index in [0.29, 0.717) is 5.92 Å². The molecule has 0 aliphatic heterocycles. The number of rotatable bonds is 9. The smallest absolute Gasteiger partial charge is 0.0929 e. The molecule has 1 aromatic heterocycles. The van der Waals surface area contributed by atoms with Crippen molar-refractivity contribution in [1.82, 2.24) is 4.98 Å². The lowest BCUT2D eigenvalue weighted by Gasteiger charge is -2.34. The lowest BCUT2D eigenvalue weighted by atomic mass is 9.86. The van der Waals surface area contributed by atoms with E-state index in [1.54, 1.807) is 11.3 Å². The number of hydrogen-bond acceptors (Lipinski definition) is 4. The normalized spacial score (nSPS) is 13.9. The first-order chi connectivity index (χ1) is 18.5. The molecule has 1 aliphatic rings. The molecule has 0 unspecified atom stereocenters. The highest BCUT2D eigenvalue weighted by Gasteiger charge is 2.23. The van der Waals surface area contributed by atoms with Crippen LogP contribution in [0.25, 0.3) is 22.4 Å². The number of anilines is 2. The number of thiazole rings is 1. The van der Waals surface area contributed by atoms with Gasteiger partial charge in [0.25, 0.3) is 0 Å². The van der Waals surface area contributed by atoms with Crippen molar-refractivity contribution < 1.29 is 0 Å². The first kappa shape index (κ1) is 26.2. The van der Waals surface area contributed by atoms with Crippen LogP contribution in [-0.2, 0) is 13.0 Å². The van der Waals surface area contributed by atoms with Crippen LogP contribution in [0.15, 0.2) is 90.5 Å². The van der Waals surface area contributed by atoms with E-state index in [1.165, 1.54) is 76.4 Å². The van der Waals surface area contributed by atoms with Crippen LogP contribution in [0.1, 0.15) is 49.6 Å². The molecule has 0 saturated heterocycles. The lowest BCUT2D eigenvalue weighted by molar-refractivity contribution is 0.396. The van der Waals surface area contributed by atoms with Crippen LogP contribution in [0.5, 0.6) is 0 Å². The highest BCUT2D eigenvalue weighted by Crippen LogP contribution is 2.36. The molecule has 0 N–H and O–H groups in total. The van der Waals surface area contributed by atoms with Gasteiger partial charge in [-0.1, -0.05) is 81.3 Å². The molecule has 4 heteroatoms. The standard InChI is InChI=1S/C34H39N3S/c1-5-34-35-33(24-38-34)30-12-9-13-32(22-30)37(25(2)27-10-7-6-8-11-27)23-26-14-16-28(17-15-26)29-18-20-31(21-19-29)36(3)4/h9,12-22,24,27H,2,5-8,10-11,23H2,1,3-4H3. The molecule has 0 atom stereocenters. The second-order valence-corrected chi connectivity index (χ2v) is 11.5. The minimum absolute atomic E-state index is 0.549. The fourth-order valence-corrected chi connectivity index (χ4v) is 6.15. The molecule has 0 spiro atoms. The van der Waals surface area contributed by atoms with Crippen LogP contribution in [0, 0.1) is 5.92 Å². The Labute approximate surface area is 232 Å². The second kappa shape index (κ2) is 12.0. The van der Waals surface area contributed by atoms with Crippen molar-refractivity contribution >= 4 is 22.7 Å². The van der Waals surface area contributed by atoms with E-state index in [0.717, 1.165) is 18.7 Å². The Bertz CT molecular complexity index is 1350. The van der Waals surface area contributed by atoms with Crippen LogP contribution in [0.2, 0.25) is 0 Å². The van der Waals surface area contributed by atoms with Crippen molar-refractivity contribution in [3.8, 4) is 22.4 Å². The number of benzene rings is 3. The van der Waals surface area contributed by atoms with Gasteiger partial charge in [-0.05, 0) is 66.1 Å². The number of aromatic nitrogens is 1. The molecule has 38 heavy (non-hydrogen) atoms. The highest BCUT2D eigenvalue weighted by molar-refractivity contribution is 7.09. The molecule has 196 valence electrons. The summed E-state index contributed by atoms with van der Waals surface area (Å²) < 4.78 is 0. The summed E-state index contributed by atoms with van der Waals surface area (Å²) in [4.78, 5) is 9.43. The predicted molar refractivity (Wildman–Crippen MR) is 165 cm³/mol. The van der Waals surface area contributed by atoms with Crippen molar-refractivity contribution in [2.45, 2.75) is 52.0 Å². The fourth-order valence-electron chi connectivity index (χ4n) is 5.39. The van der Waals surface area contributed by atoms with Gasteiger partial charge in [0.2, 0.25) is 0 Å². The van der Waals surface area contributed by atoms with Crippen LogP contribution < -0.4 is 9.80 Å². The third-order valence-electron chi connectivity index (χ3n) is 7.74. The van der Waals surface area contributed by atoms with E-state index in [9.17, 15) is 0 Å². The Morgan fingerprint density at radius 1 is 0.868 bits per heavy atom. The summed E-state index contributed by atoms with van der Waals surface area (Å²) in [5.41, 5.74) is 9.70. The quantitative estimate of drug-likeness (QED) is 0.219. The maximum atomic E-state index is 4.85. The average molecular weight is 522 g/mol. The van der Waals surface area contributed by atoms with Gasteiger partial charge in [0, 0.05) is 48.7 Å². The summed E-state index contributed by atoms with van der Waals surface area (Å²) in [7, 11) is 4.15. The Kier molecular flexibility index (Phi) is 8.29. The van der Waals surface area contributed by atoms with Gasteiger partial charge in [-0.15, -0.1) is 11.3 Å². The van der Waals surface area contributed by atoms with E-state index < -0.39 is 0 Å². The van der Waals surface area contributed by atoms with E-state index in [2.05, 4.69) is 116 Å². The van der Waals surface area contributed by atoms with Gasteiger partial charge in [0.05, 0.1) is 10.7 Å². The Balaban J connectivity index is 1.41. The van der Waals surface area contributed by atoms with Gasteiger partial charge >= 0.3 is 0 Å². The number of aryl methyl sites for hydroxylation is 1. The fraction of sp³-hybridized carbons (Fsp3) is 0.324. The molecule has 3 aromatic carbocycles. The molecule has 0 amide bonds. The average Bonchev–Trinajstić information content (AvgIpc) is 3.46. The first-order valence-electron chi connectivity index (χ1n) is 13.9. The predicted octanol–water partition coefficient (Wildman–Crippen LogP) is 9.21. The van der Waals surface area contributed by atoms with Gasteiger partial charge in [0.1, 0.15) is 0 Å². The topological polar surface area (TPSA) is 19.4 Å². The molecule has 3 nitrogen and oxygen atoms in total. The summed E-state index contributed by atoms with van der Waals surface area (Å²) in [5, 5.41) is 3.37. The zero-order chi connectivity index (χ0) is 26.5. The Morgan fingerprint density at radius 3 is 2.18 bits per heavy atom. The maximum Gasteiger partial charge on any atom is 0.0929 e. The summed E-state index contributed by atoms with van der Waals surface area (Å²) >= 11 is 1.75. The van der Waals surface area contributed by atoms with Gasteiger partial charge < -0.3 is 9.80 Å². The lowest BCUT2D eigenvalue weighted by Crippen LogP contribution is -2.27. The van der Waals surface area contributed by atoms with Crippen LogP contribution in [-0.4, -0.2) is 19.1 Å². The minimum atomic E-state index is 0.549. The number of allylic oxidation sites excluding steroid dienone is 1. The van der Waals surface area contributed by atoms with Crippen LogP contribution >= 0.6 is 11.3 Å². The van der Waals surface area contributed by atoms with E-state index in [1.807, 2.05) is 0 Å². The zero-order valence-corrected chi connectivity index (χ0v) is 23.8. The molecule has 0 bridgehead atoms. The molecular formula is C34H39N3S. The highest BCUT2D eigenvalue weighted by atomic mass is 32.1. The van der Waals surface area contributed by atoms with Crippen molar-refractivity contribution in [2.24, 2.45) is 5.92 Å². The van der Waals surface area contributed by atoms with E-state index in [-0.39, 0.29) is 0 Å². The van der Waals surface area contributed by atoms with Crippen LogP contribution in [0.4, 0.5) is 11.4 Å². The monoisotopic (exact) mass is 521 g/mol. The number of nitrogens with zero attached hydrogens (tertiary/aromatic N) is 3. The van der Waals surface area contributed by atoms with Crippen molar-refractivity contribution in [2.75, 3.05) is 23.9 Å². The maximum absolute atomic E-state index is 4.85. The molecule has 4 aromatic rings. The minimum Gasteiger partial charge on any atom is -0.378 e. The van der Waals surface area contributed by atoms with E-state index >= 15 is 0 Å². The van der Waals surface area contributed by atoms with Crippen molar-refractivity contribution in [1.29, 1.82) is 0 Å². The molecule has 5 rings (SSSR count). The molecule has 1 heterocycles. The summed E-state index contributed by atoms with van der Waals surface area (Å²) in [6.45, 7) is 7.65. The summed E-state index contributed by atoms with van der Waals surface area (Å²) in [6.07, 6.45) is 7.41. The summed E-state index contributed by atoms with van der Waals surface area (Å²) in [5.74, 6) is 0.549. The largest absolute Gasteiger partial charge is 0.378 e. The van der Waals surface area contributed by atoms with Crippen LogP contribution in [0.3, 0.4) is 0 Å². The first-order valence-corrected chi connectivity index (χ1v) is 14.8. The van der Waals surface area contributed by atoms with Gasteiger partial charge in [-0.25, -0.2) is 4.98 Å². The Morgan fingerprint density at radius 2 is 1.55 bits per heavy atom. The molecule has 1 aliphatic carbocycles. The molecular weight excluding hydrogens is 482 g/mol. The van der Waals surface area contributed by atoms with Gasteiger partial charge in [0.15, 0.2) is 0 Å². The zero-order valence-electron chi connectivity index (χ0n) is 23.0. The van der Waals surface area contributed by atoms with Crippen molar-refractivity contribution in [3.05, 3.63) is 101 Å². The van der Waals surface area contributed by atoms with Gasteiger partial charge in [-0.3, -0.25) is 0 Å². The molecule has 1 saturated carbocycles. The second-order valence-electron chi connectivity index (χ2n) is 10.6. The summed E-state index contributed by atoms with van der Waals surface area (Å²) in [6, 6.07) is 26.7. The third-order valence-corrected chi connectivity index (χ3v) is 8.74. The van der Waals surface area contributed by atoms with Gasteiger partial charge in [-0.2, -0.15) is 0 Å². The van der Waals surface area contributed by atoms with E-state index in [4.69, 9.17) is 4.98 Å². The molecule has 0 radical (unpaired) electrons. The third kappa shape index (κ3) is 6.02.